The molecule has 2 aromatic rings. The summed E-state index contributed by atoms with van der Waals surface area (Å²) in [6.07, 6.45) is 4.20. The molecule has 1 N–H and O–H groups in total. The fourth-order valence-electron chi connectivity index (χ4n) is 4.53. The van der Waals surface area contributed by atoms with Gasteiger partial charge in [-0.3, -0.25) is 15.1 Å². The molecule has 1 spiro atoms. The first-order valence-electron chi connectivity index (χ1n) is 9.86. The first-order valence-corrected chi connectivity index (χ1v) is 9.86. The SMILES string of the molecule is CCOc1ccc(F)c(-c2ccnc([C@@H]3CC[C@]4(CCN(C)C4=O)N3)c2C)c1. The molecule has 3 heterocycles. The number of pyridine rings is 1. The molecule has 1 aromatic heterocycles. The molecular weight excluding hydrogens is 357 g/mol. The topological polar surface area (TPSA) is 54.5 Å². The van der Waals surface area contributed by atoms with Gasteiger partial charge in [-0.05, 0) is 68.5 Å². The number of hydrogen-bond acceptors (Lipinski definition) is 4. The average molecular weight is 383 g/mol. The van der Waals surface area contributed by atoms with E-state index in [1.807, 2.05) is 27.0 Å². The maximum atomic E-state index is 14.6. The first-order chi connectivity index (χ1) is 13.4. The second-order valence-corrected chi connectivity index (χ2v) is 7.74. The van der Waals surface area contributed by atoms with Crippen molar-refractivity contribution in [3.63, 3.8) is 0 Å². The highest BCUT2D eigenvalue weighted by Gasteiger charge is 2.50. The molecule has 0 unspecified atom stereocenters. The number of nitrogens with zero attached hydrogens (tertiary/aromatic N) is 2. The van der Waals surface area contributed by atoms with Gasteiger partial charge in [-0.2, -0.15) is 0 Å². The minimum Gasteiger partial charge on any atom is -0.494 e. The van der Waals surface area contributed by atoms with Gasteiger partial charge in [0.05, 0.1) is 18.3 Å². The number of hydrogen-bond donors (Lipinski definition) is 1. The van der Waals surface area contributed by atoms with Crippen LogP contribution in [0.25, 0.3) is 11.1 Å². The number of benzene rings is 1. The van der Waals surface area contributed by atoms with Gasteiger partial charge in [0.25, 0.3) is 0 Å². The van der Waals surface area contributed by atoms with E-state index in [9.17, 15) is 9.18 Å². The Morgan fingerprint density at radius 2 is 2.14 bits per heavy atom. The third kappa shape index (κ3) is 3.05. The van der Waals surface area contributed by atoms with Crippen LogP contribution >= 0.6 is 0 Å². The summed E-state index contributed by atoms with van der Waals surface area (Å²) in [7, 11) is 1.85. The highest BCUT2D eigenvalue weighted by Crippen LogP contribution is 2.41. The molecule has 2 aliphatic rings. The first kappa shape index (κ1) is 18.9. The van der Waals surface area contributed by atoms with Crippen LogP contribution in [0.4, 0.5) is 4.39 Å². The maximum Gasteiger partial charge on any atom is 0.242 e. The molecule has 0 radical (unpaired) electrons. The summed E-state index contributed by atoms with van der Waals surface area (Å²) in [5, 5.41) is 3.56. The van der Waals surface area contributed by atoms with E-state index < -0.39 is 5.54 Å². The van der Waals surface area contributed by atoms with Gasteiger partial charge >= 0.3 is 0 Å². The van der Waals surface area contributed by atoms with Gasteiger partial charge in [0, 0.05) is 25.4 Å². The number of aromatic nitrogens is 1. The lowest BCUT2D eigenvalue weighted by Gasteiger charge is -2.24. The number of likely N-dealkylation sites (tertiary alicyclic amines) is 1. The number of nitrogens with one attached hydrogen (secondary N) is 1. The molecule has 6 heteroatoms. The molecule has 4 rings (SSSR count). The summed E-state index contributed by atoms with van der Waals surface area (Å²) in [4.78, 5) is 19.0. The average Bonchev–Trinajstić information content (AvgIpc) is 3.24. The van der Waals surface area contributed by atoms with Crippen LogP contribution in [0.15, 0.2) is 30.5 Å². The number of carbonyl (C=O) groups excluding carboxylic acids is 1. The van der Waals surface area contributed by atoms with Gasteiger partial charge in [0.2, 0.25) is 5.91 Å². The number of amides is 1. The zero-order chi connectivity index (χ0) is 19.9. The van der Waals surface area contributed by atoms with Crippen LogP contribution < -0.4 is 10.1 Å². The van der Waals surface area contributed by atoms with Gasteiger partial charge in [-0.15, -0.1) is 0 Å². The molecular formula is C22H26FN3O2. The van der Waals surface area contributed by atoms with Crippen LogP contribution in [0.5, 0.6) is 5.75 Å². The Morgan fingerprint density at radius 1 is 1.32 bits per heavy atom. The highest BCUT2D eigenvalue weighted by atomic mass is 19.1. The van der Waals surface area contributed by atoms with Gasteiger partial charge in [-0.25, -0.2) is 4.39 Å². The Morgan fingerprint density at radius 3 is 2.86 bits per heavy atom. The largest absolute Gasteiger partial charge is 0.494 e. The molecule has 28 heavy (non-hydrogen) atoms. The van der Waals surface area contributed by atoms with E-state index in [1.54, 1.807) is 23.2 Å². The Balaban J connectivity index is 1.67. The molecule has 148 valence electrons. The molecule has 0 saturated carbocycles. The fraction of sp³-hybridized carbons (Fsp3) is 0.455. The zero-order valence-electron chi connectivity index (χ0n) is 16.6. The Kier molecular flexibility index (Phi) is 4.83. The van der Waals surface area contributed by atoms with E-state index in [0.717, 1.165) is 42.6 Å². The van der Waals surface area contributed by atoms with E-state index in [-0.39, 0.29) is 17.8 Å². The van der Waals surface area contributed by atoms with Crippen LogP contribution in [0.3, 0.4) is 0 Å². The van der Waals surface area contributed by atoms with E-state index >= 15 is 0 Å². The van der Waals surface area contributed by atoms with Gasteiger partial charge in [0.15, 0.2) is 0 Å². The summed E-state index contributed by atoms with van der Waals surface area (Å²) in [5.41, 5.74) is 2.67. The summed E-state index contributed by atoms with van der Waals surface area (Å²) >= 11 is 0. The standard InChI is InChI=1S/C22H26FN3O2/c1-4-28-15-5-6-18(23)17(13-15)16-8-11-24-20(14(16)2)19-7-9-22(25-19)10-12-26(3)21(22)27/h5-6,8,11,13,19,25H,4,7,9-10,12H2,1-3H3/t19-,22+/m0/s1. The van der Waals surface area contributed by atoms with Crippen molar-refractivity contribution in [2.24, 2.45) is 0 Å². The Bertz CT molecular complexity index is 917. The lowest BCUT2D eigenvalue weighted by molar-refractivity contribution is -0.131. The predicted octanol–water partition coefficient (Wildman–Crippen LogP) is 3.62. The number of ether oxygens (including phenoxy) is 1. The van der Waals surface area contributed by atoms with Gasteiger partial charge < -0.3 is 9.64 Å². The normalized spacial score (nSPS) is 24.4. The summed E-state index contributed by atoms with van der Waals surface area (Å²) < 4.78 is 20.1. The molecule has 2 saturated heterocycles. The summed E-state index contributed by atoms with van der Waals surface area (Å²) in [6, 6.07) is 6.66. The minimum atomic E-state index is -0.469. The van der Waals surface area contributed by atoms with E-state index in [4.69, 9.17) is 4.74 Å². The molecule has 1 amide bonds. The van der Waals surface area contributed by atoms with Crippen LogP contribution in [-0.4, -0.2) is 41.5 Å². The Hall–Kier alpha value is -2.47. The molecule has 1 aromatic carbocycles. The van der Waals surface area contributed by atoms with Crippen molar-refractivity contribution < 1.29 is 13.9 Å². The summed E-state index contributed by atoms with van der Waals surface area (Å²) in [5.74, 6) is 0.528. The third-order valence-electron chi connectivity index (χ3n) is 6.05. The molecule has 2 aliphatic heterocycles. The minimum absolute atomic E-state index is 0.00599. The number of carbonyl (C=O) groups is 1. The van der Waals surface area contributed by atoms with Crippen LogP contribution in [0, 0.1) is 12.7 Å². The highest BCUT2D eigenvalue weighted by molar-refractivity contribution is 5.88. The maximum absolute atomic E-state index is 14.6. The second-order valence-electron chi connectivity index (χ2n) is 7.74. The molecule has 2 atom stereocenters. The van der Waals surface area contributed by atoms with Crippen molar-refractivity contribution in [2.75, 3.05) is 20.2 Å². The van der Waals surface area contributed by atoms with E-state index in [2.05, 4.69) is 10.3 Å². The molecule has 2 fully saturated rings. The van der Waals surface area contributed by atoms with Crippen molar-refractivity contribution in [3.05, 3.63) is 47.5 Å². The van der Waals surface area contributed by atoms with Gasteiger partial charge in [-0.1, -0.05) is 0 Å². The van der Waals surface area contributed by atoms with Crippen molar-refractivity contribution in [1.29, 1.82) is 0 Å². The lowest BCUT2D eigenvalue weighted by atomic mass is 9.95. The van der Waals surface area contributed by atoms with Crippen molar-refractivity contribution in [1.82, 2.24) is 15.2 Å². The van der Waals surface area contributed by atoms with Crippen molar-refractivity contribution in [3.8, 4) is 16.9 Å². The van der Waals surface area contributed by atoms with Crippen LogP contribution in [-0.2, 0) is 4.79 Å². The lowest BCUT2D eigenvalue weighted by Crippen LogP contribution is -2.47. The fourth-order valence-corrected chi connectivity index (χ4v) is 4.53. The van der Waals surface area contributed by atoms with Gasteiger partial charge in [0.1, 0.15) is 17.1 Å². The molecule has 5 nitrogen and oxygen atoms in total. The molecule has 0 bridgehead atoms. The third-order valence-corrected chi connectivity index (χ3v) is 6.05. The van der Waals surface area contributed by atoms with Crippen LogP contribution in [0.2, 0.25) is 0 Å². The number of likely N-dealkylation sites (N-methyl/N-ethyl adjacent to an activating group) is 1. The van der Waals surface area contributed by atoms with E-state index in [0.29, 0.717) is 17.9 Å². The molecule has 0 aliphatic carbocycles. The second kappa shape index (κ2) is 7.17. The van der Waals surface area contributed by atoms with Crippen LogP contribution in [0.1, 0.15) is 43.5 Å². The smallest absolute Gasteiger partial charge is 0.242 e. The van der Waals surface area contributed by atoms with Crippen molar-refractivity contribution >= 4 is 5.91 Å². The quantitative estimate of drug-likeness (QED) is 0.876. The van der Waals surface area contributed by atoms with E-state index in [1.165, 1.54) is 6.07 Å². The zero-order valence-corrected chi connectivity index (χ0v) is 16.6. The number of rotatable bonds is 4. The predicted molar refractivity (Wildman–Crippen MR) is 106 cm³/mol. The summed E-state index contributed by atoms with van der Waals surface area (Å²) in [6.45, 7) is 5.19. The number of halogens is 1. The Labute approximate surface area is 164 Å². The van der Waals surface area contributed by atoms with Crippen molar-refractivity contribution in [2.45, 2.75) is 44.7 Å². The monoisotopic (exact) mass is 383 g/mol.